The van der Waals surface area contributed by atoms with Gasteiger partial charge in [-0.05, 0) is 29.1 Å². The summed E-state index contributed by atoms with van der Waals surface area (Å²) in [4.78, 5) is 15.4. The second kappa shape index (κ2) is 5.66. The van der Waals surface area contributed by atoms with E-state index in [1.165, 1.54) is 0 Å². The van der Waals surface area contributed by atoms with Crippen LogP contribution in [-0.2, 0) is 11.2 Å². The number of aromatic nitrogens is 1. The summed E-state index contributed by atoms with van der Waals surface area (Å²) in [5.41, 5.74) is 2.68. The van der Waals surface area contributed by atoms with Gasteiger partial charge in [-0.1, -0.05) is 46.3 Å². The largest absolute Gasteiger partial charge is 0.481 e. The predicted molar refractivity (Wildman–Crippen MR) is 86.2 cm³/mol. The summed E-state index contributed by atoms with van der Waals surface area (Å²) >= 11 is 3.42. The molecule has 0 saturated carbocycles. The molecular formula is C17H12BrNO2. The zero-order valence-corrected chi connectivity index (χ0v) is 12.7. The van der Waals surface area contributed by atoms with Crippen molar-refractivity contribution in [2.75, 3.05) is 0 Å². The molecule has 0 aliphatic carbocycles. The van der Waals surface area contributed by atoms with Crippen LogP contribution in [0.1, 0.15) is 5.56 Å². The fourth-order valence-electron chi connectivity index (χ4n) is 2.43. The number of pyridine rings is 1. The Morgan fingerprint density at radius 2 is 1.81 bits per heavy atom. The molecule has 3 nitrogen and oxygen atoms in total. The molecule has 104 valence electrons. The van der Waals surface area contributed by atoms with Crippen molar-refractivity contribution in [3.05, 3.63) is 64.8 Å². The number of hydrogen-bond acceptors (Lipinski definition) is 2. The van der Waals surface area contributed by atoms with E-state index >= 15 is 0 Å². The summed E-state index contributed by atoms with van der Waals surface area (Å²) in [6, 6.07) is 15.5. The van der Waals surface area contributed by atoms with Crippen LogP contribution in [0.25, 0.3) is 22.0 Å². The summed E-state index contributed by atoms with van der Waals surface area (Å²) in [6.45, 7) is 0. The Morgan fingerprint density at radius 1 is 1.05 bits per heavy atom. The number of carboxylic acids is 1. The Bertz CT molecular complexity index is 813. The van der Waals surface area contributed by atoms with Gasteiger partial charge < -0.3 is 5.11 Å². The first-order valence-electron chi connectivity index (χ1n) is 6.49. The van der Waals surface area contributed by atoms with Gasteiger partial charge in [-0.2, -0.15) is 0 Å². The summed E-state index contributed by atoms with van der Waals surface area (Å²) in [7, 11) is 0. The maximum absolute atomic E-state index is 11.0. The number of fused-ring (bicyclic) bond motifs is 1. The van der Waals surface area contributed by atoms with E-state index in [9.17, 15) is 4.79 Å². The normalized spacial score (nSPS) is 10.7. The fourth-order valence-corrected chi connectivity index (χ4v) is 2.69. The maximum atomic E-state index is 11.0. The monoisotopic (exact) mass is 341 g/mol. The standard InChI is InChI=1S/C17H12BrNO2/c18-13-6-4-11(5-7-13)17-15-3-1-2-12(10-16(20)21)14(15)8-9-19-17/h1-9H,10H2,(H,20,21). The molecule has 3 rings (SSSR count). The lowest BCUT2D eigenvalue weighted by Gasteiger charge is -2.09. The fraction of sp³-hybridized carbons (Fsp3) is 0.0588. The summed E-state index contributed by atoms with van der Waals surface area (Å²) < 4.78 is 1.01. The number of rotatable bonds is 3. The van der Waals surface area contributed by atoms with E-state index in [2.05, 4.69) is 20.9 Å². The van der Waals surface area contributed by atoms with Gasteiger partial charge in [0.25, 0.3) is 0 Å². The Kier molecular flexibility index (Phi) is 3.71. The van der Waals surface area contributed by atoms with Gasteiger partial charge in [0.05, 0.1) is 12.1 Å². The van der Waals surface area contributed by atoms with Crippen LogP contribution in [0, 0.1) is 0 Å². The number of aliphatic carboxylic acids is 1. The van der Waals surface area contributed by atoms with Gasteiger partial charge in [-0.15, -0.1) is 0 Å². The minimum Gasteiger partial charge on any atom is -0.481 e. The van der Waals surface area contributed by atoms with Gasteiger partial charge in [-0.3, -0.25) is 9.78 Å². The van der Waals surface area contributed by atoms with Crippen LogP contribution >= 0.6 is 15.9 Å². The second-order valence-corrected chi connectivity index (χ2v) is 5.66. The lowest BCUT2D eigenvalue weighted by molar-refractivity contribution is -0.136. The van der Waals surface area contributed by atoms with Crippen molar-refractivity contribution in [1.82, 2.24) is 4.98 Å². The molecule has 0 aliphatic rings. The van der Waals surface area contributed by atoms with E-state index in [0.717, 1.165) is 32.1 Å². The Hall–Kier alpha value is -2.20. The quantitative estimate of drug-likeness (QED) is 0.772. The number of halogens is 1. The van der Waals surface area contributed by atoms with Crippen LogP contribution in [0.15, 0.2) is 59.2 Å². The third-order valence-electron chi connectivity index (χ3n) is 3.36. The van der Waals surface area contributed by atoms with Crippen molar-refractivity contribution in [1.29, 1.82) is 0 Å². The third-order valence-corrected chi connectivity index (χ3v) is 3.88. The highest BCUT2D eigenvalue weighted by Crippen LogP contribution is 2.29. The number of benzene rings is 2. The minimum absolute atomic E-state index is 0.0150. The molecule has 0 saturated heterocycles. The zero-order chi connectivity index (χ0) is 14.8. The molecule has 0 amide bonds. The highest BCUT2D eigenvalue weighted by molar-refractivity contribution is 9.10. The molecule has 1 N–H and O–H groups in total. The summed E-state index contributed by atoms with van der Waals surface area (Å²) in [5.74, 6) is -0.829. The first kappa shape index (κ1) is 13.8. The van der Waals surface area contributed by atoms with Crippen molar-refractivity contribution >= 4 is 32.7 Å². The summed E-state index contributed by atoms with van der Waals surface area (Å²) in [5, 5.41) is 10.9. The Labute approximate surface area is 130 Å². The van der Waals surface area contributed by atoms with E-state index in [1.54, 1.807) is 6.20 Å². The molecule has 1 aromatic heterocycles. The molecule has 0 unspecified atom stereocenters. The van der Waals surface area contributed by atoms with Crippen LogP contribution in [0.2, 0.25) is 0 Å². The van der Waals surface area contributed by atoms with Gasteiger partial charge in [0.2, 0.25) is 0 Å². The van der Waals surface area contributed by atoms with Crippen LogP contribution in [0.4, 0.5) is 0 Å². The van der Waals surface area contributed by atoms with Crippen LogP contribution in [0.3, 0.4) is 0 Å². The average Bonchev–Trinajstić information content (AvgIpc) is 2.47. The molecule has 0 radical (unpaired) electrons. The number of hydrogen-bond donors (Lipinski definition) is 1. The number of carbonyl (C=O) groups is 1. The smallest absolute Gasteiger partial charge is 0.307 e. The van der Waals surface area contributed by atoms with Crippen molar-refractivity contribution in [2.45, 2.75) is 6.42 Å². The first-order chi connectivity index (χ1) is 10.1. The topological polar surface area (TPSA) is 50.2 Å². The van der Waals surface area contributed by atoms with Crippen LogP contribution in [0.5, 0.6) is 0 Å². The molecule has 4 heteroatoms. The van der Waals surface area contributed by atoms with Gasteiger partial charge in [0, 0.05) is 21.6 Å². The van der Waals surface area contributed by atoms with E-state index in [4.69, 9.17) is 5.11 Å². The average molecular weight is 342 g/mol. The van der Waals surface area contributed by atoms with Crippen molar-refractivity contribution in [3.63, 3.8) is 0 Å². The molecule has 0 fully saturated rings. The van der Waals surface area contributed by atoms with Crippen LogP contribution < -0.4 is 0 Å². The van der Waals surface area contributed by atoms with Gasteiger partial charge in [0.1, 0.15) is 0 Å². The van der Waals surface area contributed by atoms with Gasteiger partial charge >= 0.3 is 5.97 Å². The van der Waals surface area contributed by atoms with Crippen molar-refractivity contribution in [3.8, 4) is 11.3 Å². The molecule has 3 aromatic rings. The molecule has 0 spiro atoms. The molecule has 0 aliphatic heterocycles. The second-order valence-electron chi connectivity index (χ2n) is 4.75. The van der Waals surface area contributed by atoms with E-state index < -0.39 is 5.97 Å². The first-order valence-corrected chi connectivity index (χ1v) is 7.29. The highest BCUT2D eigenvalue weighted by Gasteiger charge is 2.10. The minimum atomic E-state index is -0.829. The zero-order valence-electron chi connectivity index (χ0n) is 11.1. The Balaban J connectivity index is 2.20. The lowest BCUT2D eigenvalue weighted by Crippen LogP contribution is -2.01. The molecule has 21 heavy (non-hydrogen) atoms. The third kappa shape index (κ3) is 2.81. The SMILES string of the molecule is O=C(O)Cc1cccc2c(-c3ccc(Br)cc3)nccc12. The van der Waals surface area contributed by atoms with Gasteiger partial charge in [0.15, 0.2) is 0 Å². The lowest BCUT2D eigenvalue weighted by atomic mass is 9.99. The number of nitrogens with zero attached hydrogens (tertiary/aromatic N) is 1. The highest BCUT2D eigenvalue weighted by atomic mass is 79.9. The molecule has 2 aromatic carbocycles. The van der Waals surface area contributed by atoms with Crippen molar-refractivity contribution < 1.29 is 9.90 Å². The number of carboxylic acid groups (broad SMARTS) is 1. The Morgan fingerprint density at radius 3 is 2.52 bits per heavy atom. The molecule has 0 atom stereocenters. The van der Waals surface area contributed by atoms with E-state index in [0.29, 0.717) is 0 Å². The maximum Gasteiger partial charge on any atom is 0.307 e. The predicted octanol–water partition coefficient (Wildman–Crippen LogP) is 4.29. The molecule has 1 heterocycles. The van der Waals surface area contributed by atoms with Gasteiger partial charge in [-0.25, -0.2) is 0 Å². The van der Waals surface area contributed by atoms with E-state index in [1.807, 2.05) is 48.5 Å². The van der Waals surface area contributed by atoms with E-state index in [-0.39, 0.29) is 6.42 Å². The van der Waals surface area contributed by atoms with Crippen molar-refractivity contribution in [2.24, 2.45) is 0 Å². The molecular weight excluding hydrogens is 330 g/mol. The van der Waals surface area contributed by atoms with Crippen LogP contribution in [-0.4, -0.2) is 16.1 Å². The molecule has 0 bridgehead atoms. The summed E-state index contributed by atoms with van der Waals surface area (Å²) in [6.07, 6.45) is 1.74.